The second kappa shape index (κ2) is 8.74. The van der Waals surface area contributed by atoms with Gasteiger partial charge in [0.25, 0.3) is 5.91 Å². The third kappa shape index (κ3) is 6.19. The number of amides is 2. The largest absolute Gasteiger partial charge is 0.369 e. The lowest BCUT2D eigenvalue weighted by Gasteiger charge is -2.11. The first kappa shape index (κ1) is 18.3. The molecule has 0 aliphatic carbocycles. The van der Waals surface area contributed by atoms with E-state index in [-0.39, 0.29) is 17.5 Å². The summed E-state index contributed by atoms with van der Waals surface area (Å²) in [4.78, 5) is 33.6. The van der Waals surface area contributed by atoms with E-state index in [2.05, 4.69) is 25.9 Å². The van der Waals surface area contributed by atoms with Crippen LogP contribution in [-0.4, -0.2) is 53.9 Å². The van der Waals surface area contributed by atoms with E-state index in [1.165, 1.54) is 13.3 Å². The van der Waals surface area contributed by atoms with E-state index in [1.54, 1.807) is 30.3 Å². The molecule has 0 spiro atoms. The van der Waals surface area contributed by atoms with Gasteiger partial charge in [-0.1, -0.05) is 6.07 Å². The van der Waals surface area contributed by atoms with Crippen molar-refractivity contribution in [1.29, 1.82) is 0 Å². The Hall–Kier alpha value is -3.00. The summed E-state index contributed by atoms with van der Waals surface area (Å²) in [5.74, 6) is 0.0692. The van der Waals surface area contributed by atoms with E-state index in [0.29, 0.717) is 23.7 Å². The highest BCUT2D eigenvalue weighted by molar-refractivity contribution is 6.03. The first-order valence-electron chi connectivity index (χ1n) is 7.83. The van der Waals surface area contributed by atoms with Gasteiger partial charge >= 0.3 is 0 Å². The molecule has 0 aliphatic rings. The zero-order chi connectivity index (χ0) is 18.2. The molecule has 1 heterocycles. The highest BCUT2D eigenvalue weighted by atomic mass is 16.2. The number of hydrogen-bond acceptors (Lipinski definition) is 6. The van der Waals surface area contributed by atoms with Gasteiger partial charge in [0.2, 0.25) is 5.91 Å². The van der Waals surface area contributed by atoms with E-state index < -0.39 is 0 Å². The van der Waals surface area contributed by atoms with Crippen molar-refractivity contribution in [1.82, 2.24) is 14.9 Å². The molecule has 0 atom stereocenters. The van der Waals surface area contributed by atoms with Crippen LogP contribution >= 0.6 is 0 Å². The summed E-state index contributed by atoms with van der Waals surface area (Å²) in [6, 6.07) is 8.50. The summed E-state index contributed by atoms with van der Waals surface area (Å²) in [5.41, 5.74) is 1.43. The maximum atomic E-state index is 12.4. The molecule has 1 aromatic carbocycles. The quantitative estimate of drug-likeness (QED) is 0.708. The van der Waals surface area contributed by atoms with Gasteiger partial charge in [-0.05, 0) is 32.3 Å². The normalized spacial score (nSPS) is 10.4. The lowest BCUT2D eigenvalue weighted by atomic mass is 10.2. The third-order valence-electron chi connectivity index (χ3n) is 3.21. The number of carbonyl (C=O) groups excluding carboxylic acids is 2. The highest BCUT2D eigenvalue weighted by Crippen LogP contribution is 2.16. The summed E-state index contributed by atoms with van der Waals surface area (Å²) in [7, 11) is 3.96. The number of rotatable bonds is 7. The van der Waals surface area contributed by atoms with Crippen LogP contribution in [0.4, 0.5) is 17.2 Å². The fraction of sp³-hybridized carbons (Fsp3) is 0.294. The molecule has 8 nitrogen and oxygen atoms in total. The molecule has 2 aromatic rings. The van der Waals surface area contributed by atoms with Gasteiger partial charge in [0.1, 0.15) is 17.8 Å². The Morgan fingerprint density at radius 1 is 1.08 bits per heavy atom. The Kier molecular flexibility index (Phi) is 6.41. The van der Waals surface area contributed by atoms with Crippen LogP contribution in [0.1, 0.15) is 17.4 Å². The maximum absolute atomic E-state index is 12.4. The van der Waals surface area contributed by atoms with Crippen LogP contribution < -0.4 is 16.0 Å². The average molecular weight is 342 g/mol. The molecule has 25 heavy (non-hydrogen) atoms. The van der Waals surface area contributed by atoms with Crippen molar-refractivity contribution in [3.8, 4) is 0 Å². The smallest absolute Gasteiger partial charge is 0.274 e. The van der Waals surface area contributed by atoms with E-state index >= 15 is 0 Å². The Balaban J connectivity index is 2.02. The van der Waals surface area contributed by atoms with Gasteiger partial charge in [-0.2, -0.15) is 0 Å². The molecule has 0 unspecified atom stereocenters. The number of benzene rings is 1. The predicted octanol–water partition coefficient (Wildman–Crippen LogP) is 1.66. The predicted molar refractivity (Wildman–Crippen MR) is 97.8 cm³/mol. The Morgan fingerprint density at radius 3 is 2.48 bits per heavy atom. The van der Waals surface area contributed by atoms with E-state index in [0.717, 1.165) is 6.54 Å². The minimum Gasteiger partial charge on any atom is -0.369 e. The van der Waals surface area contributed by atoms with Gasteiger partial charge in [-0.15, -0.1) is 0 Å². The number of anilines is 3. The van der Waals surface area contributed by atoms with Crippen molar-refractivity contribution >= 4 is 29.0 Å². The van der Waals surface area contributed by atoms with Gasteiger partial charge in [-0.3, -0.25) is 9.59 Å². The van der Waals surface area contributed by atoms with Crippen LogP contribution in [0, 0.1) is 0 Å². The minimum absolute atomic E-state index is 0.173. The van der Waals surface area contributed by atoms with Gasteiger partial charge < -0.3 is 20.9 Å². The van der Waals surface area contributed by atoms with Crippen molar-refractivity contribution in [2.45, 2.75) is 6.92 Å². The van der Waals surface area contributed by atoms with E-state index in [9.17, 15) is 9.59 Å². The van der Waals surface area contributed by atoms with Crippen LogP contribution in [0.2, 0.25) is 0 Å². The lowest BCUT2D eigenvalue weighted by Crippen LogP contribution is -2.21. The first-order valence-corrected chi connectivity index (χ1v) is 7.83. The van der Waals surface area contributed by atoms with Crippen LogP contribution in [0.15, 0.2) is 36.7 Å². The molecule has 2 amide bonds. The second-order valence-corrected chi connectivity index (χ2v) is 5.73. The van der Waals surface area contributed by atoms with Crippen molar-refractivity contribution < 1.29 is 9.59 Å². The maximum Gasteiger partial charge on any atom is 0.274 e. The molecule has 0 radical (unpaired) electrons. The number of nitrogens with one attached hydrogen (secondary N) is 3. The Bertz CT molecular complexity index is 747. The summed E-state index contributed by atoms with van der Waals surface area (Å²) in [5, 5.41) is 8.57. The standard InChI is InChI=1S/C17H22N6O2/c1-12(24)21-13-5-4-6-14(9-13)22-17(25)15-10-16(20-11-19-15)18-7-8-23(2)3/h4-6,9-11H,7-8H2,1-3H3,(H,21,24)(H,22,25)(H,18,19,20). The molecule has 0 aliphatic heterocycles. The zero-order valence-electron chi connectivity index (χ0n) is 14.5. The molecule has 3 N–H and O–H groups in total. The molecular formula is C17H22N6O2. The van der Waals surface area contributed by atoms with Crippen molar-refractivity contribution in [2.75, 3.05) is 43.1 Å². The topological polar surface area (TPSA) is 99.2 Å². The molecular weight excluding hydrogens is 320 g/mol. The number of hydrogen-bond donors (Lipinski definition) is 3. The average Bonchev–Trinajstić information content (AvgIpc) is 2.54. The second-order valence-electron chi connectivity index (χ2n) is 5.73. The van der Waals surface area contributed by atoms with Crippen molar-refractivity contribution in [2.24, 2.45) is 0 Å². The third-order valence-corrected chi connectivity index (χ3v) is 3.21. The van der Waals surface area contributed by atoms with Crippen molar-refractivity contribution in [3.05, 3.63) is 42.4 Å². The van der Waals surface area contributed by atoms with E-state index in [4.69, 9.17) is 0 Å². The molecule has 2 rings (SSSR count). The Morgan fingerprint density at radius 2 is 1.80 bits per heavy atom. The van der Waals surface area contributed by atoms with Crippen LogP contribution in [0.5, 0.6) is 0 Å². The summed E-state index contributed by atoms with van der Waals surface area (Å²) in [6.07, 6.45) is 1.35. The fourth-order valence-corrected chi connectivity index (χ4v) is 2.06. The van der Waals surface area contributed by atoms with Gasteiger partial charge in [0, 0.05) is 37.5 Å². The monoisotopic (exact) mass is 342 g/mol. The molecule has 1 aromatic heterocycles. The number of nitrogens with zero attached hydrogens (tertiary/aromatic N) is 3. The highest BCUT2D eigenvalue weighted by Gasteiger charge is 2.10. The van der Waals surface area contributed by atoms with E-state index in [1.807, 2.05) is 19.0 Å². The molecule has 0 bridgehead atoms. The minimum atomic E-state index is -0.349. The van der Waals surface area contributed by atoms with Gasteiger partial charge in [0.05, 0.1) is 0 Å². The Labute approximate surface area is 146 Å². The molecule has 0 saturated heterocycles. The summed E-state index contributed by atoms with van der Waals surface area (Å²) < 4.78 is 0. The zero-order valence-corrected chi connectivity index (χ0v) is 14.5. The molecule has 8 heteroatoms. The molecule has 132 valence electrons. The first-order chi connectivity index (χ1) is 11.9. The van der Waals surface area contributed by atoms with Crippen LogP contribution in [0.25, 0.3) is 0 Å². The van der Waals surface area contributed by atoms with Crippen LogP contribution in [-0.2, 0) is 4.79 Å². The number of aromatic nitrogens is 2. The van der Waals surface area contributed by atoms with Gasteiger partial charge in [0.15, 0.2) is 0 Å². The summed E-state index contributed by atoms with van der Waals surface area (Å²) >= 11 is 0. The summed E-state index contributed by atoms with van der Waals surface area (Å²) in [6.45, 7) is 2.99. The number of carbonyl (C=O) groups is 2. The SMILES string of the molecule is CC(=O)Nc1cccc(NC(=O)c2cc(NCCN(C)C)ncn2)c1. The molecule has 0 saturated carbocycles. The van der Waals surface area contributed by atoms with Gasteiger partial charge in [-0.25, -0.2) is 9.97 Å². The molecule has 0 fully saturated rings. The fourth-order valence-electron chi connectivity index (χ4n) is 2.06. The lowest BCUT2D eigenvalue weighted by molar-refractivity contribution is -0.114. The number of likely N-dealkylation sites (N-methyl/N-ethyl adjacent to an activating group) is 1. The van der Waals surface area contributed by atoms with Crippen LogP contribution in [0.3, 0.4) is 0 Å². The van der Waals surface area contributed by atoms with Crippen molar-refractivity contribution in [3.63, 3.8) is 0 Å².